The first-order chi connectivity index (χ1) is 14.1. The summed E-state index contributed by atoms with van der Waals surface area (Å²) in [6.07, 6.45) is 14.8. The molecular formula is C30H50. The lowest BCUT2D eigenvalue weighted by molar-refractivity contribution is 0.454. The van der Waals surface area contributed by atoms with Gasteiger partial charge in [-0.2, -0.15) is 0 Å². The Morgan fingerprint density at radius 3 is 1.57 bits per heavy atom. The first kappa shape index (κ1) is 28.4. The van der Waals surface area contributed by atoms with Crippen molar-refractivity contribution in [3.63, 3.8) is 0 Å². The maximum atomic E-state index is 4.35. The van der Waals surface area contributed by atoms with Crippen molar-refractivity contribution in [2.75, 3.05) is 0 Å². The van der Waals surface area contributed by atoms with E-state index in [1.807, 2.05) is 0 Å². The Morgan fingerprint density at radius 1 is 0.667 bits per heavy atom. The summed E-state index contributed by atoms with van der Waals surface area (Å²) in [4.78, 5) is 0. The van der Waals surface area contributed by atoms with E-state index in [0.717, 1.165) is 29.4 Å². The Balaban J connectivity index is 4.92. The number of hydrogen-bond donors (Lipinski definition) is 0. The third-order valence-electron chi connectivity index (χ3n) is 6.86. The minimum atomic E-state index is 0.503. The zero-order valence-corrected chi connectivity index (χ0v) is 21.3. The average molecular weight is 411 g/mol. The molecule has 0 aromatic carbocycles. The van der Waals surface area contributed by atoms with Crippen molar-refractivity contribution in [2.24, 2.45) is 23.7 Å². The van der Waals surface area contributed by atoms with E-state index in [-0.39, 0.29) is 0 Å². The van der Waals surface area contributed by atoms with Gasteiger partial charge in [0.1, 0.15) is 0 Å². The molecule has 0 saturated carbocycles. The van der Waals surface area contributed by atoms with Crippen molar-refractivity contribution in [3.8, 4) is 0 Å². The van der Waals surface area contributed by atoms with E-state index in [1.54, 1.807) is 0 Å². The van der Waals surface area contributed by atoms with Crippen LogP contribution in [0.3, 0.4) is 0 Å². The van der Waals surface area contributed by atoms with Crippen molar-refractivity contribution >= 4 is 0 Å². The molecule has 0 aliphatic carbocycles. The number of hydrogen-bond acceptors (Lipinski definition) is 0. The van der Waals surface area contributed by atoms with Crippen LogP contribution >= 0.6 is 0 Å². The topological polar surface area (TPSA) is 0 Å². The van der Waals surface area contributed by atoms with E-state index in [2.05, 4.69) is 93.0 Å². The monoisotopic (exact) mass is 410 g/mol. The van der Waals surface area contributed by atoms with Crippen molar-refractivity contribution in [1.29, 1.82) is 0 Å². The molecule has 170 valence electrons. The minimum Gasteiger partial charge on any atom is -0.0956 e. The maximum Gasteiger partial charge on any atom is -0.0196 e. The van der Waals surface area contributed by atoms with Crippen LogP contribution in [0.25, 0.3) is 0 Å². The van der Waals surface area contributed by atoms with Gasteiger partial charge in [0.05, 0.1) is 0 Å². The Bertz CT molecular complexity index is 624. The second-order valence-corrected chi connectivity index (χ2v) is 9.49. The first-order valence-corrected chi connectivity index (χ1v) is 12.2. The predicted molar refractivity (Wildman–Crippen MR) is 140 cm³/mol. The van der Waals surface area contributed by atoms with Gasteiger partial charge in [0.25, 0.3) is 0 Å². The largest absolute Gasteiger partial charge is 0.0956 e. The molecule has 0 aromatic rings. The van der Waals surface area contributed by atoms with Gasteiger partial charge in [-0.1, -0.05) is 130 Å². The lowest BCUT2D eigenvalue weighted by Gasteiger charge is -2.17. The summed E-state index contributed by atoms with van der Waals surface area (Å²) in [5.74, 6) is 2.58. The van der Waals surface area contributed by atoms with E-state index >= 15 is 0 Å². The molecule has 0 spiro atoms. The molecule has 0 rings (SSSR count). The highest BCUT2D eigenvalue weighted by Gasteiger charge is 2.11. The molecule has 0 heterocycles. The van der Waals surface area contributed by atoms with Gasteiger partial charge in [-0.05, 0) is 59.7 Å². The van der Waals surface area contributed by atoms with Gasteiger partial charge in [-0.15, -0.1) is 0 Å². The van der Waals surface area contributed by atoms with Crippen LogP contribution < -0.4 is 0 Å². The standard InChI is InChI=1S/C30H50/c1-12-22(4)15-17-24(6)25(7)19-20-27(9)29(11)30(14-3)21-28(10)26(8)18-16-23(5)13-2/h19-24,26H,7,9-18H2,1-6,8H3/b20-19-,30-21-. The highest BCUT2D eigenvalue weighted by Crippen LogP contribution is 2.27. The van der Waals surface area contributed by atoms with Gasteiger partial charge in [0.15, 0.2) is 0 Å². The van der Waals surface area contributed by atoms with Gasteiger partial charge in [0, 0.05) is 0 Å². The molecular weight excluding hydrogens is 360 g/mol. The molecule has 0 aromatic heterocycles. The lowest BCUT2D eigenvalue weighted by atomic mass is 9.88. The van der Waals surface area contributed by atoms with Crippen LogP contribution in [0, 0.1) is 23.7 Å². The molecule has 0 aliphatic heterocycles. The summed E-state index contributed by atoms with van der Waals surface area (Å²) in [6, 6.07) is 0. The fourth-order valence-corrected chi connectivity index (χ4v) is 3.30. The highest BCUT2D eigenvalue weighted by molar-refractivity contribution is 5.51. The third-order valence-corrected chi connectivity index (χ3v) is 6.86. The summed E-state index contributed by atoms with van der Waals surface area (Å²) >= 11 is 0. The Labute approximate surface area is 189 Å². The van der Waals surface area contributed by atoms with Crippen LogP contribution in [-0.4, -0.2) is 0 Å². The summed E-state index contributed by atoms with van der Waals surface area (Å²) in [7, 11) is 0. The Kier molecular flexibility index (Phi) is 14.5. The molecule has 0 aliphatic rings. The van der Waals surface area contributed by atoms with E-state index in [0.29, 0.717) is 11.8 Å². The van der Waals surface area contributed by atoms with Crippen LogP contribution in [-0.2, 0) is 0 Å². The smallest absolute Gasteiger partial charge is 0.0196 e. The Morgan fingerprint density at radius 2 is 1.13 bits per heavy atom. The average Bonchev–Trinajstić information content (AvgIpc) is 2.75. The van der Waals surface area contributed by atoms with Crippen LogP contribution in [0.15, 0.2) is 72.4 Å². The molecule has 0 bridgehead atoms. The normalized spacial score (nSPS) is 16.2. The van der Waals surface area contributed by atoms with Gasteiger partial charge >= 0.3 is 0 Å². The zero-order valence-electron chi connectivity index (χ0n) is 21.3. The van der Waals surface area contributed by atoms with Crippen LogP contribution in [0.1, 0.15) is 93.4 Å². The SMILES string of the molecule is C=C(/C=C\C(=C)C(C)CCC(C)CC)C(=C)/C(=C\C(=C)C(C)CCC(C)CC)CC. The van der Waals surface area contributed by atoms with E-state index in [1.165, 1.54) is 55.2 Å². The first-order valence-electron chi connectivity index (χ1n) is 12.2. The molecule has 0 fully saturated rings. The van der Waals surface area contributed by atoms with E-state index < -0.39 is 0 Å². The summed E-state index contributed by atoms with van der Waals surface area (Å²) in [5, 5.41) is 0. The third kappa shape index (κ3) is 11.0. The van der Waals surface area contributed by atoms with Crippen LogP contribution in [0.4, 0.5) is 0 Å². The van der Waals surface area contributed by atoms with Gasteiger partial charge in [-0.25, -0.2) is 0 Å². The molecule has 30 heavy (non-hydrogen) atoms. The summed E-state index contributed by atoms with van der Waals surface area (Å²) in [6.45, 7) is 33.2. The lowest BCUT2D eigenvalue weighted by Crippen LogP contribution is -2.02. The van der Waals surface area contributed by atoms with Crippen LogP contribution in [0.2, 0.25) is 0 Å². The second-order valence-electron chi connectivity index (χ2n) is 9.49. The molecule has 0 saturated heterocycles. The van der Waals surface area contributed by atoms with E-state index in [4.69, 9.17) is 0 Å². The zero-order chi connectivity index (χ0) is 23.3. The number of rotatable bonds is 16. The predicted octanol–water partition coefficient (Wildman–Crippen LogP) is 10.0. The fourth-order valence-electron chi connectivity index (χ4n) is 3.30. The van der Waals surface area contributed by atoms with Crippen LogP contribution in [0.5, 0.6) is 0 Å². The van der Waals surface area contributed by atoms with E-state index in [9.17, 15) is 0 Å². The van der Waals surface area contributed by atoms with Crippen molar-refractivity contribution in [3.05, 3.63) is 72.4 Å². The molecule has 0 heteroatoms. The van der Waals surface area contributed by atoms with Crippen molar-refractivity contribution in [2.45, 2.75) is 93.4 Å². The van der Waals surface area contributed by atoms with Gasteiger partial charge in [-0.3, -0.25) is 0 Å². The maximum absolute atomic E-state index is 4.35. The fraction of sp³-hybridized carbons (Fsp3) is 0.600. The quantitative estimate of drug-likeness (QED) is 0.222. The molecule has 0 N–H and O–H groups in total. The molecule has 4 atom stereocenters. The van der Waals surface area contributed by atoms with Crippen molar-refractivity contribution in [1.82, 2.24) is 0 Å². The van der Waals surface area contributed by atoms with Gasteiger partial charge in [0.2, 0.25) is 0 Å². The second kappa shape index (κ2) is 15.3. The summed E-state index contributed by atoms with van der Waals surface area (Å²) < 4.78 is 0. The molecule has 0 nitrogen and oxygen atoms in total. The Hall–Kier alpha value is -1.56. The molecule has 0 radical (unpaired) electrons. The summed E-state index contributed by atoms with van der Waals surface area (Å²) in [5.41, 5.74) is 5.61. The molecule has 4 unspecified atom stereocenters. The minimum absolute atomic E-state index is 0.503. The molecule has 0 amide bonds. The number of allylic oxidation sites excluding steroid dienone is 8. The highest BCUT2D eigenvalue weighted by atomic mass is 14.2. The van der Waals surface area contributed by atoms with Crippen molar-refractivity contribution < 1.29 is 0 Å². The van der Waals surface area contributed by atoms with Gasteiger partial charge < -0.3 is 0 Å².